The lowest BCUT2D eigenvalue weighted by atomic mass is 9.65. The van der Waals surface area contributed by atoms with Gasteiger partial charge in [0.25, 0.3) is 5.91 Å². The lowest BCUT2D eigenvalue weighted by Gasteiger charge is -2.39. The summed E-state index contributed by atoms with van der Waals surface area (Å²) in [5.41, 5.74) is 0.988. The molecule has 1 amide bonds. The molecule has 0 unspecified atom stereocenters. The molecule has 0 spiro atoms. The van der Waals surface area contributed by atoms with E-state index in [2.05, 4.69) is 26.8 Å². The molecular formula is C19H24N2O2. The number of rotatable bonds is 3. The first-order chi connectivity index (χ1) is 10.8. The van der Waals surface area contributed by atoms with E-state index in [9.17, 15) is 4.79 Å². The van der Waals surface area contributed by atoms with Gasteiger partial charge in [-0.2, -0.15) is 5.26 Å². The summed E-state index contributed by atoms with van der Waals surface area (Å²) in [7, 11) is 0. The molecule has 1 aliphatic carbocycles. The van der Waals surface area contributed by atoms with Gasteiger partial charge in [-0.3, -0.25) is 4.79 Å². The van der Waals surface area contributed by atoms with Crippen LogP contribution in [0.2, 0.25) is 0 Å². The van der Waals surface area contributed by atoms with E-state index in [0.717, 1.165) is 19.4 Å². The Morgan fingerprint density at radius 3 is 2.83 bits per heavy atom. The molecule has 1 aromatic carbocycles. The van der Waals surface area contributed by atoms with E-state index in [-0.39, 0.29) is 17.9 Å². The number of benzene rings is 1. The Balaban J connectivity index is 1.67. The molecule has 0 radical (unpaired) electrons. The fourth-order valence-electron chi connectivity index (χ4n) is 4.66. The summed E-state index contributed by atoms with van der Waals surface area (Å²) in [6.07, 6.45) is 3.32. The molecule has 1 aromatic rings. The minimum atomic E-state index is 0.00566. The zero-order chi connectivity index (χ0) is 16.7. The highest BCUT2D eigenvalue weighted by atomic mass is 16.5. The highest BCUT2D eigenvalue weighted by molar-refractivity contribution is 5.78. The SMILES string of the molecule is CC1(C)C[C@@H]2C[C@@](C)(CN2C(=O)COc2ccccc2C#N)C1. The quantitative estimate of drug-likeness (QED) is 0.860. The van der Waals surface area contributed by atoms with Crippen molar-refractivity contribution in [3.63, 3.8) is 0 Å². The summed E-state index contributed by atoms with van der Waals surface area (Å²) >= 11 is 0. The van der Waals surface area contributed by atoms with Gasteiger partial charge in [0.15, 0.2) is 6.61 Å². The first-order valence-corrected chi connectivity index (χ1v) is 8.23. The molecule has 1 saturated carbocycles. The van der Waals surface area contributed by atoms with Crippen LogP contribution in [0.1, 0.15) is 45.6 Å². The van der Waals surface area contributed by atoms with E-state index in [1.807, 2.05) is 11.0 Å². The molecule has 2 fully saturated rings. The molecule has 1 heterocycles. The Kier molecular flexibility index (Phi) is 3.83. The monoisotopic (exact) mass is 312 g/mol. The molecule has 23 heavy (non-hydrogen) atoms. The summed E-state index contributed by atoms with van der Waals surface area (Å²) < 4.78 is 5.62. The van der Waals surface area contributed by atoms with Gasteiger partial charge in [-0.1, -0.05) is 32.9 Å². The smallest absolute Gasteiger partial charge is 0.260 e. The molecule has 0 aromatic heterocycles. The maximum atomic E-state index is 12.6. The van der Waals surface area contributed by atoms with E-state index < -0.39 is 0 Å². The Morgan fingerprint density at radius 1 is 1.35 bits per heavy atom. The van der Waals surface area contributed by atoms with Gasteiger partial charge >= 0.3 is 0 Å². The van der Waals surface area contributed by atoms with Crippen molar-refractivity contribution in [2.75, 3.05) is 13.2 Å². The normalized spacial score (nSPS) is 28.3. The minimum absolute atomic E-state index is 0.00566. The zero-order valence-electron chi connectivity index (χ0n) is 14.1. The molecular weight excluding hydrogens is 288 g/mol. The number of hydrogen-bond acceptors (Lipinski definition) is 3. The summed E-state index contributed by atoms with van der Waals surface area (Å²) in [5.74, 6) is 0.515. The highest BCUT2D eigenvalue weighted by Gasteiger charge is 2.50. The van der Waals surface area contributed by atoms with Crippen molar-refractivity contribution in [1.82, 2.24) is 4.90 Å². The second-order valence-electron chi connectivity index (χ2n) is 8.13. The van der Waals surface area contributed by atoms with Gasteiger partial charge in [-0.05, 0) is 42.2 Å². The van der Waals surface area contributed by atoms with Crippen LogP contribution in [-0.2, 0) is 4.79 Å². The second-order valence-corrected chi connectivity index (χ2v) is 8.13. The van der Waals surface area contributed by atoms with Crippen LogP contribution in [0.15, 0.2) is 24.3 Å². The number of likely N-dealkylation sites (tertiary alicyclic amines) is 1. The van der Waals surface area contributed by atoms with Crippen LogP contribution in [-0.4, -0.2) is 30.0 Å². The van der Waals surface area contributed by atoms with E-state index in [1.54, 1.807) is 18.2 Å². The molecule has 2 bridgehead atoms. The van der Waals surface area contributed by atoms with E-state index >= 15 is 0 Å². The Morgan fingerprint density at radius 2 is 2.09 bits per heavy atom. The molecule has 2 atom stereocenters. The zero-order valence-corrected chi connectivity index (χ0v) is 14.1. The van der Waals surface area contributed by atoms with Gasteiger partial charge in [-0.15, -0.1) is 0 Å². The second kappa shape index (κ2) is 5.56. The van der Waals surface area contributed by atoms with Gasteiger partial charge in [-0.25, -0.2) is 0 Å². The van der Waals surface area contributed by atoms with Crippen LogP contribution in [0.3, 0.4) is 0 Å². The standard InChI is InChI=1S/C19H24N2O2/c1-18(2)8-15-9-19(3,12-18)13-21(15)17(22)11-23-16-7-5-4-6-14(16)10-20/h4-7,15H,8-9,11-13H2,1-3H3/t15-,19-/m1/s1. The molecule has 2 aliphatic rings. The molecule has 1 aliphatic heterocycles. The summed E-state index contributed by atoms with van der Waals surface area (Å²) in [6.45, 7) is 7.71. The highest BCUT2D eigenvalue weighted by Crippen LogP contribution is 2.52. The Labute approximate surface area is 138 Å². The van der Waals surface area contributed by atoms with Crippen LogP contribution in [0.5, 0.6) is 5.75 Å². The van der Waals surface area contributed by atoms with Gasteiger partial charge in [0.05, 0.1) is 5.56 Å². The Bertz CT molecular complexity index is 662. The number of carbonyl (C=O) groups is 1. The van der Waals surface area contributed by atoms with Crippen molar-refractivity contribution >= 4 is 5.91 Å². The largest absolute Gasteiger partial charge is 0.482 e. The molecule has 0 N–H and O–H groups in total. The maximum absolute atomic E-state index is 12.6. The van der Waals surface area contributed by atoms with Crippen LogP contribution in [0.4, 0.5) is 0 Å². The van der Waals surface area contributed by atoms with Crippen molar-refractivity contribution < 1.29 is 9.53 Å². The van der Waals surface area contributed by atoms with Crippen LogP contribution in [0.25, 0.3) is 0 Å². The van der Waals surface area contributed by atoms with E-state index in [1.165, 1.54) is 6.42 Å². The third-order valence-electron chi connectivity index (χ3n) is 5.09. The summed E-state index contributed by atoms with van der Waals surface area (Å²) in [6, 6.07) is 9.46. The molecule has 1 saturated heterocycles. The molecule has 122 valence electrons. The van der Waals surface area contributed by atoms with Crippen LogP contribution < -0.4 is 4.74 Å². The van der Waals surface area contributed by atoms with Crippen molar-refractivity contribution in [2.24, 2.45) is 10.8 Å². The predicted octanol–water partition coefficient (Wildman–Crippen LogP) is 3.36. The third-order valence-corrected chi connectivity index (χ3v) is 5.09. The van der Waals surface area contributed by atoms with Crippen molar-refractivity contribution in [3.8, 4) is 11.8 Å². The molecule has 4 nitrogen and oxygen atoms in total. The average molecular weight is 312 g/mol. The molecule has 3 rings (SSSR count). The van der Waals surface area contributed by atoms with Gasteiger partial charge in [0.2, 0.25) is 0 Å². The lowest BCUT2D eigenvalue weighted by Crippen LogP contribution is -2.40. The summed E-state index contributed by atoms with van der Waals surface area (Å²) in [5, 5.41) is 9.08. The van der Waals surface area contributed by atoms with Gasteiger partial charge < -0.3 is 9.64 Å². The van der Waals surface area contributed by atoms with Crippen LogP contribution in [0, 0.1) is 22.2 Å². The first-order valence-electron chi connectivity index (χ1n) is 8.23. The lowest BCUT2D eigenvalue weighted by molar-refractivity contribution is -0.134. The Hall–Kier alpha value is -2.02. The van der Waals surface area contributed by atoms with Gasteiger partial charge in [0, 0.05) is 12.6 Å². The number of amides is 1. The van der Waals surface area contributed by atoms with Crippen molar-refractivity contribution in [1.29, 1.82) is 5.26 Å². The number of para-hydroxylation sites is 1. The minimum Gasteiger partial charge on any atom is -0.482 e. The average Bonchev–Trinajstić information content (AvgIpc) is 2.74. The first kappa shape index (κ1) is 15.9. The fourth-order valence-corrected chi connectivity index (χ4v) is 4.66. The topological polar surface area (TPSA) is 53.3 Å². The number of nitriles is 1. The number of carbonyl (C=O) groups excluding carboxylic acids is 1. The van der Waals surface area contributed by atoms with Crippen LogP contribution >= 0.6 is 0 Å². The number of fused-ring (bicyclic) bond motifs is 2. The van der Waals surface area contributed by atoms with Crippen molar-refractivity contribution in [2.45, 2.75) is 46.1 Å². The summed E-state index contributed by atoms with van der Waals surface area (Å²) in [4.78, 5) is 14.6. The van der Waals surface area contributed by atoms with E-state index in [0.29, 0.717) is 22.8 Å². The fraction of sp³-hybridized carbons (Fsp3) is 0.579. The van der Waals surface area contributed by atoms with Gasteiger partial charge in [0.1, 0.15) is 11.8 Å². The van der Waals surface area contributed by atoms with Crippen molar-refractivity contribution in [3.05, 3.63) is 29.8 Å². The number of nitrogens with zero attached hydrogens (tertiary/aromatic N) is 2. The maximum Gasteiger partial charge on any atom is 0.260 e. The predicted molar refractivity (Wildman–Crippen MR) is 87.9 cm³/mol. The number of hydrogen-bond donors (Lipinski definition) is 0. The van der Waals surface area contributed by atoms with E-state index in [4.69, 9.17) is 10.00 Å². The number of ether oxygens (including phenoxy) is 1. The third kappa shape index (κ3) is 3.19. The molecule has 4 heteroatoms.